The van der Waals surface area contributed by atoms with Crippen LogP contribution in [0.15, 0.2) is 30.3 Å². The number of aromatic nitrogens is 2. The molecule has 1 aromatic carbocycles. The number of alkyl halides is 3. The number of benzene rings is 1. The average molecular weight is 318 g/mol. The summed E-state index contributed by atoms with van der Waals surface area (Å²) >= 11 is 5.64. The second-order valence-electron chi connectivity index (χ2n) is 3.96. The van der Waals surface area contributed by atoms with Crippen molar-refractivity contribution in [2.45, 2.75) is 6.18 Å². The first-order chi connectivity index (χ1) is 9.75. The van der Waals surface area contributed by atoms with E-state index < -0.39 is 17.7 Å². The van der Waals surface area contributed by atoms with Crippen molar-refractivity contribution in [2.75, 3.05) is 5.32 Å². The summed E-state index contributed by atoms with van der Waals surface area (Å²) in [5.41, 5.74) is -1.12. The van der Waals surface area contributed by atoms with Gasteiger partial charge in [-0.15, -0.1) is 10.2 Å². The molecule has 0 aliphatic rings. The number of carbonyl (C=O) groups is 1. The number of rotatable bonds is 3. The van der Waals surface area contributed by atoms with Crippen LogP contribution in [-0.4, -0.2) is 21.3 Å². The maximum atomic E-state index is 12.6. The second kappa shape index (κ2) is 5.57. The van der Waals surface area contributed by atoms with E-state index in [1.807, 2.05) is 0 Å². The summed E-state index contributed by atoms with van der Waals surface area (Å²) in [7, 11) is 0. The lowest BCUT2D eigenvalue weighted by atomic mass is 10.2. The van der Waals surface area contributed by atoms with Crippen LogP contribution in [0.2, 0.25) is 5.02 Å². The third-order valence-electron chi connectivity index (χ3n) is 2.38. The molecule has 1 heterocycles. The highest BCUT2D eigenvalue weighted by molar-refractivity contribution is 6.31. The molecule has 2 rings (SSSR count). The van der Waals surface area contributed by atoms with Gasteiger partial charge < -0.3 is 10.4 Å². The van der Waals surface area contributed by atoms with Gasteiger partial charge in [-0.2, -0.15) is 13.2 Å². The standard InChI is InChI=1S/C12H7ClF3N3O2/c13-7-3-6(12(14,15)16)4-8(5-7)17-10-2-1-9(11(20)21)18-19-10/h1-5H,(H,17,19)(H,20,21). The van der Waals surface area contributed by atoms with Crippen LogP contribution < -0.4 is 5.32 Å². The van der Waals surface area contributed by atoms with Gasteiger partial charge in [0.2, 0.25) is 0 Å². The molecule has 2 N–H and O–H groups in total. The van der Waals surface area contributed by atoms with Crippen molar-refractivity contribution in [3.8, 4) is 0 Å². The molecule has 9 heteroatoms. The molecule has 0 amide bonds. The number of carboxylic acid groups (broad SMARTS) is 1. The predicted molar refractivity (Wildman–Crippen MR) is 68.7 cm³/mol. The summed E-state index contributed by atoms with van der Waals surface area (Å²) in [5.74, 6) is -1.16. The zero-order chi connectivity index (χ0) is 15.6. The Morgan fingerprint density at radius 3 is 2.43 bits per heavy atom. The van der Waals surface area contributed by atoms with E-state index in [-0.39, 0.29) is 22.2 Å². The number of carboxylic acids is 1. The van der Waals surface area contributed by atoms with E-state index in [2.05, 4.69) is 15.5 Å². The maximum Gasteiger partial charge on any atom is 0.416 e. The van der Waals surface area contributed by atoms with Gasteiger partial charge in [0, 0.05) is 10.7 Å². The second-order valence-corrected chi connectivity index (χ2v) is 4.40. The van der Waals surface area contributed by atoms with E-state index in [0.717, 1.165) is 12.1 Å². The Morgan fingerprint density at radius 2 is 1.90 bits per heavy atom. The fourth-order valence-corrected chi connectivity index (χ4v) is 1.72. The zero-order valence-electron chi connectivity index (χ0n) is 10.1. The molecule has 0 bridgehead atoms. The molecule has 21 heavy (non-hydrogen) atoms. The number of anilines is 2. The van der Waals surface area contributed by atoms with E-state index in [4.69, 9.17) is 16.7 Å². The monoisotopic (exact) mass is 317 g/mol. The maximum absolute atomic E-state index is 12.6. The fourth-order valence-electron chi connectivity index (χ4n) is 1.49. The van der Waals surface area contributed by atoms with E-state index in [9.17, 15) is 18.0 Å². The SMILES string of the molecule is O=C(O)c1ccc(Nc2cc(Cl)cc(C(F)(F)F)c2)nn1. The number of aromatic carboxylic acids is 1. The summed E-state index contributed by atoms with van der Waals surface area (Å²) in [6, 6.07) is 5.39. The summed E-state index contributed by atoms with van der Waals surface area (Å²) in [5, 5.41) is 18.1. The zero-order valence-corrected chi connectivity index (χ0v) is 10.9. The van der Waals surface area contributed by atoms with Gasteiger partial charge in [-0.3, -0.25) is 0 Å². The molecular weight excluding hydrogens is 311 g/mol. The van der Waals surface area contributed by atoms with Crippen molar-refractivity contribution < 1.29 is 23.1 Å². The molecule has 110 valence electrons. The fraction of sp³-hybridized carbons (Fsp3) is 0.0833. The van der Waals surface area contributed by atoms with Gasteiger partial charge >= 0.3 is 12.1 Å². The lowest BCUT2D eigenvalue weighted by Gasteiger charge is -2.11. The minimum atomic E-state index is -4.53. The smallest absolute Gasteiger partial charge is 0.416 e. The molecule has 0 spiro atoms. The summed E-state index contributed by atoms with van der Waals surface area (Å²) < 4.78 is 37.9. The summed E-state index contributed by atoms with van der Waals surface area (Å²) in [4.78, 5) is 10.6. The molecule has 0 aliphatic heterocycles. The molecule has 0 aliphatic carbocycles. The minimum absolute atomic E-state index is 0.0622. The Hall–Kier alpha value is -2.35. The molecule has 0 fully saturated rings. The normalized spacial score (nSPS) is 11.2. The van der Waals surface area contributed by atoms with Crippen LogP contribution in [0.1, 0.15) is 16.1 Å². The van der Waals surface area contributed by atoms with Crippen molar-refractivity contribution in [1.82, 2.24) is 10.2 Å². The third-order valence-corrected chi connectivity index (χ3v) is 2.60. The van der Waals surface area contributed by atoms with Gasteiger partial charge in [0.1, 0.15) is 0 Å². The van der Waals surface area contributed by atoms with E-state index >= 15 is 0 Å². The Kier molecular flexibility index (Phi) is 3.99. The molecular formula is C12H7ClF3N3O2. The largest absolute Gasteiger partial charge is 0.476 e. The number of nitrogens with zero attached hydrogens (tertiary/aromatic N) is 2. The van der Waals surface area contributed by atoms with Crippen LogP contribution in [0, 0.1) is 0 Å². The molecule has 0 saturated carbocycles. The van der Waals surface area contributed by atoms with Gasteiger partial charge in [0.05, 0.1) is 5.56 Å². The minimum Gasteiger partial charge on any atom is -0.476 e. The Balaban J connectivity index is 2.27. The molecule has 1 aromatic heterocycles. The number of halogens is 4. The highest BCUT2D eigenvalue weighted by atomic mass is 35.5. The van der Waals surface area contributed by atoms with E-state index in [1.165, 1.54) is 18.2 Å². The first-order valence-electron chi connectivity index (χ1n) is 5.47. The highest BCUT2D eigenvalue weighted by Gasteiger charge is 2.31. The van der Waals surface area contributed by atoms with Gasteiger partial charge in [0.15, 0.2) is 11.5 Å². The molecule has 0 saturated heterocycles. The van der Waals surface area contributed by atoms with Gasteiger partial charge in [-0.25, -0.2) is 4.79 Å². The molecule has 0 unspecified atom stereocenters. The topological polar surface area (TPSA) is 75.1 Å². The molecule has 5 nitrogen and oxygen atoms in total. The van der Waals surface area contributed by atoms with Gasteiger partial charge in [-0.05, 0) is 30.3 Å². The molecule has 2 aromatic rings. The van der Waals surface area contributed by atoms with Crippen molar-refractivity contribution in [1.29, 1.82) is 0 Å². The van der Waals surface area contributed by atoms with Crippen molar-refractivity contribution in [3.05, 3.63) is 46.6 Å². The molecule has 0 atom stereocenters. The van der Waals surface area contributed by atoms with Gasteiger partial charge in [-0.1, -0.05) is 11.6 Å². The highest BCUT2D eigenvalue weighted by Crippen LogP contribution is 2.33. The average Bonchev–Trinajstić information content (AvgIpc) is 2.37. The van der Waals surface area contributed by atoms with Crippen LogP contribution >= 0.6 is 11.6 Å². The summed E-state index contributed by atoms with van der Waals surface area (Å²) in [6.45, 7) is 0. The summed E-state index contributed by atoms with van der Waals surface area (Å²) in [6.07, 6.45) is -4.53. The predicted octanol–water partition coefficient (Wildman–Crippen LogP) is 3.59. The Morgan fingerprint density at radius 1 is 1.19 bits per heavy atom. The van der Waals surface area contributed by atoms with Crippen molar-refractivity contribution >= 4 is 29.1 Å². The lowest BCUT2D eigenvalue weighted by Crippen LogP contribution is -2.06. The lowest BCUT2D eigenvalue weighted by molar-refractivity contribution is -0.137. The van der Waals surface area contributed by atoms with Crippen molar-refractivity contribution in [3.63, 3.8) is 0 Å². The van der Waals surface area contributed by atoms with Crippen LogP contribution in [0.4, 0.5) is 24.7 Å². The van der Waals surface area contributed by atoms with Crippen LogP contribution in [0.3, 0.4) is 0 Å². The number of nitrogens with one attached hydrogen (secondary N) is 1. The third kappa shape index (κ3) is 3.82. The molecule has 0 radical (unpaired) electrons. The Labute approximate surface area is 121 Å². The van der Waals surface area contributed by atoms with Crippen LogP contribution in [-0.2, 0) is 6.18 Å². The first kappa shape index (κ1) is 15.0. The quantitative estimate of drug-likeness (QED) is 0.904. The van der Waals surface area contributed by atoms with E-state index in [0.29, 0.717) is 0 Å². The van der Waals surface area contributed by atoms with Gasteiger partial charge in [0.25, 0.3) is 0 Å². The van der Waals surface area contributed by atoms with Crippen LogP contribution in [0.25, 0.3) is 0 Å². The number of hydrogen-bond donors (Lipinski definition) is 2. The first-order valence-corrected chi connectivity index (χ1v) is 5.85. The van der Waals surface area contributed by atoms with Crippen molar-refractivity contribution in [2.24, 2.45) is 0 Å². The Bertz CT molecular complexity index is 674. The number of hydrogen-bond acceptors (Lipinski definition) is 4. The van der Waals surface area contributed by atoms with E-state index in [1.54, 1.807) is 0 Å². The van der Waals surface area contributed by atoms with Crippen LogP contribution in [0.5, 0.6) is 0 Å².